The molecule has 1 amide bonds. The molecule has 0 spiro atoms. The highest BCUT2D eigenvalue weighted by Gasteiger charge is 2.16. The maximum Gasteiger partial charge on any atom is 0.251 e. The van der Waals surface area contributed by atoms with Gasteiger partial charge < -0.3 is 10.6 Å². The van der Waals surface area contributed by atoms with E-state index in [-0.39, 0.29) is 5.91 Å². The Morgan fingerprint density at radius 1 is 1.44 bits per heavy atom. The van der Waals surface area contributed by atoms with Gasteiger partial charge in [-0.25, -0.2) is 0 Å². The Morgan fingerprint density at radius 2 is 2.28 bits per heavy atom. The Balaban J connectivity index is 2.13. The number of fused-ring (bicyclic) bond motifs is 1. The number of rotatable bonds is 3. The standard InChI is InChI=1S/C15H20N2O/c1-11(2)8-10-17-15(18)13-5-3-7-14-12(13)6-4-9-16-14/h3,5,7-8,16H,4,6,9-10H2,1-2H3,(H,17,18). The van der Waals surface area contributed by atoms with Crippen molar-refractivity contribution in [1.82, 2.24) is 5.32 Å². The monoisotopic (exact) mass is 244 g/mol. The van der Waals surface area contributed by atoms with Crippen LogP contribution in [-0.2, 0) is 6.42 Å². The molecule has 2 N–H and O–H groups in total. The van der Waals surface area contributed by atoms with Crippen LogP contribution in [0.2, 0.25) is 0 Å². The minimum atomic E-state index is 0.0213. The van der Waals surface area contributed by atoms with E-state index in [4.69, 9.17) is 0 Å². The fraction of sp³-hybridized carbons (Fsp3) is 0.400. The van der Waals surface area contributed by atoms with Crippen LogP contribution in [0.15, 0.2) is 29.8 Å². The second-order valence-electron chi connectivity index (χ2n) is 4.85. The van der Waals surface area contributed by atoms with E-state index < -0.39 is 0 Å². The molecular weight excluding hydrogens is 224 g/mol. The third-order valence-electron chi connectivity index (χ3n) is 3.11. The van der Waals surface area contributed by atoms with E-state index in [0.29, 0.717) is 6.54 Å². The molecule has 1 aromatic carbocycles. The van der Waals surface area contributed by atoms with Gasteiger partial charge in [-0.05, 0) is 44.4 Å². The SMILES string of the molecule is CC(C)=CCNC(=O)c1cccc2c1CCCN2. The van der Waals surface area contributed by atoms with Gasteiger partial charge in [0.1, 0.15) is 0 Å². The Labute approximate surface area is 108 Å². The van der Waals surface area contributed by atoms with Gasteiger partial charge in [0.2, 0.25) is 0 Å². The second-order valence-corrected chi connectivity index (χ2v) is 4.85. The first-order valence-corrected chi connectivity index (χ1v) is 6.46. The highest BCUT2D eigenvalue weighted by atomic mass is 16.1. The van der Waals surface area contributed by atoms with Crippen LogP contribution in [0.1, 0.15) is 36.2 Å². The Hall–Kier alpha value is -1.77. The first-order valence-electron chi connectivity index (χ1n) is 6.46. The molecule has 1 heterocycles. The fourth-order valence-corrected chi connectivity index (χ4v) is 2.17. The number of allylic oxidation sites excluding steroid dienone is 1. The van der Waals surface area contributed by atoms with Gasteiger partial charge >= 0.3 is 0 Å². The van der Waals surface area contributed by atoms with Gasteiger partial charge in [0.05, 0.1) is 0 Å². The smallest absolute Gasteiger partial charge is 0.251 e. The molecule has 1 aliphatic heterocycles. The number of nitrogens with one attached hydrogen (secondary N) is 2. The summed E-state index contributed by atoms with van der Waals surface area (Å²) in [6, 6.07) is 5.89. The molecule has 1 aliphatic rings. The number of benzene rings is 1. The first kappa shape index (κ1) is 12.7. The molecule has 0 atom stereocenters. The van der Waals surface area contributed by atoms with Crippen molar-refractivity contribution < 1.29 is 4.79 Å². The Bertz CT molecular complexity index is 473. The van der Waals surface area contributed by atoms with Crippen LogP contribution in [0.25, 0.3) is 0 Å². The lowest BCUT2D eigenvalue weighted by Crippen LogP contribution is -2.26. The van der Waals surface area contributed by atoms with Crippen molar-refractivity contribution in [2.24, 2.45) is 0 Å². The highest BCUT2D eigenvalue weighted by molar-refractivity contribution is 5.97. The van der Waals surface area contributed by atoms with Crippen LogP contribution in [0.5, 0.6) is 0 Å². The molecule has 0 saturated carbocycles. The average Bonchev–Trinajstić information content (AvgIpc) is 2.37. The minimum absolute atomic E-state index is 0.0213. The van der Waals surface area contributed by atoms with Crippen LogP contribution in [0, 0.1) is 0 Å². The summed E-state index contributed by atoms with van der Waals surface area (Å²) >= 11 is 0. The number of amides is 1. The van der Waals surface area contributed by atoms with Crippen molar-refractivity contribution in [3.8, 4) is 0 Å². The topological polar surface area (TPSA) is 41.1 Å². The Morgan fingerprint density at radius 3 is 3.06 bits per heavy atom. The van der Waals surface area contributed by atoms with E-state index in [1.54, 1.807) is 0 Å². The van der Waals surface area contributed by atoms with Crippen molar-refractivity contribution in [3.63, 3.8) is 0 Å². The van der Waals surface area contributed by atoms with Crippen molar-refractivity contribution >= 4 is 11.6 Å². The van der Waals surface area contributed by atoms with Crippen molar-refractivity contribution in [2.45, 2.75) is 26.7 Å². The molecule has 18 heavy (non-hydrogen) atoms. The summed E-state index contributed by atoms with van der Waals surface area (Å²) < 4.78 is 0. The summed E-state index contributed by atoms with van der Waals surface area (Å²) in [7, 11) is 0. The van der Waals surface area contributed by atoms with Crippen LogP contribution in [0.3, 0.4) is 0 Å². The summed E-state index contributed by atoms with van der Waals surface area (Å²) in [6.07, 6.45) is 4.09. The van der Waals surface area contributed by atoms with Crippen LogP contribution in [0.4, 0.5) is 5.69 Å². The molecule has 0 bridgehead atoms. The van der Waals surface area contributed by atoms with Gasteiger partial charge in [-0.1, -0.05) is 17.7 Å². The van der Waals surface area contributed by atoms with Crippen molar-refractivity contribution in [2.75, 3.05) is 18.4 Å². The maximum absolute atomic E-state index is 12.1. The largest absolute Gasteiger partial charge is 0.385 e. The number of hydrogen-bond acceptors (Lipinski definition) is 2. The van der Waals surface area contributed by atoms with Gasteiger partial charge in [0.25, 0.3) is 5.91 Å². The fourth-order valence-electron chi connectivity index (χ4n) is 2.17. The molecule has 0 saturated heterocycles. The summed E-state index contributed by atoms with van der Waals surface area (Å²) in [4.78, 5) is 12.1. The summed E-state index contributed by atoms with van der Waals surface area (Å²) in [6.45, 7) is 5.65. The van der Waals surface area contributed by atoms with Crippen LogP contribution < -0.4 is 10.6 Å². The molecule has 0 aliphatic carbocycles. The molecule has 96 valence electrons. The molecule has 0 unspecified atom stereocenters. The summed E-state index contributed by atoms with van der Waals surface area (Å²) in [5, 5.41) is 6.28. The minimum Gasteiger partial charge on any atom is -0.385 e. The van der Waals surface area contributed by atoms with Gasteiger partial charge in [0.15, 0.2) is 0 Å². The van der Waals surface area contributed by atoms with E-state index in [9.17, 15) is 4.79 Å². The van der Waals surface area contributed by atoms with E-state index >= 15 is 0 Å². The van der Waals surface area contributed by atoms with Gasteiger partial charge in [0, 0.05) is 24.3 Å². The zero-order valence-electron chi connectivity index (χ0n) is 11.0. The molecule has 3 heteroatoms. The third-order valence-corrected chi connectivity index (χ3v) is 3.11. The molecule has 0 fully saturated rings. The molecule has 1 aromatic rings. The lowest BCUT2D eigenvalue weighted by molar-refractivity contribution is 0.0957. The van der Waals surface area contributed by atoms with Gasteiger partial charge in [-0.15, -0.1) is 0 Å². The Kier molecular flexibility index (Phi) is 4.03. The summed E-state index contributed by atoms with van der Waals surface area (Å²) in [5.41, 5.74) is 4.28. The normalized spacial score (nSPS) is 13.2. The van der Waals surface area contributed by atoms with Gasteiger partial charge in [-0.3, -0.25) is 4.79 Å². The van der Waals surface area contributed by atoms with E-state index in [2.05, 4.69) is 10.6 Å². The third kappa shape index (κ3) is 2.92. The first-order chi connectivity index (χ1) is 8.68. The summed E-state index contributed by atoms with van der Waals surface area (Å²) in [5.74, 6) is 0.0213. The number of hydrogen-bond donors (Lipinski definition) is 2. The molecule has 3 nitrogen and oxygen atoms in total. The maximum atomic E-state index is 12.1. The quantitative estimate of drug-likeness (QED) is 0.803. The number of carbonyl (C=O) groups is 1. The number of anilines is 1. The lowest BCUT2D eigenvalue weighted by Gasteiger charge is -2.20. The average molecular weight is 244 g/mol. The molecular formula is C15H20N2O. The highest BCUT2D eigenvalue weighted by Crippen LogP contribution is 2.25. The van der Waals surface area contributed by atoms with E-state index in [0.717, 1.165) is 36.2 Å². The van der Waals surface area contributed by atoms with Gasteiger partial charge in [-0.2, -0.15) is 0 Å². The van der Waals surface area contributed by atoms with E-state index in [1.807, 2.05) is 38.1 Å². The predicted molar refractivity (Wildman–Crippen MR) is 75.0 cm³/mol. The lowest BCUT2D eigenvalue weighted by atomic mass is 9.97. The zero-order valence-corrected chi connectivity index (χ0v) is 11.0. The van der Waals surface area contributed by atoms with Crippen LogP contribution in [-0.4, -0.2) is 19.0 Å². The molecule has 0 radical (unpaired) electrons. The predicted octanol–water partition coefficient (Wildman–Crippen LogP) is 2.74. The second kappa shape index (κ2) is 5.71. The number of carbonyl (C=O) groups excluding carboxylic acids is 1. The van der Waals surface area contributed by atoms with Crippen molar-refractivity contribution in [3.05, 3.63) is 41.0 Å². The van der Waals surface area contributed by atoms with Crippen molar-refractivity contribution in [1.29, 1.82) is 0 Å². The van der Waals surface area contributed by atoms with Crippen LogP contribution >= 0.6 is 0 Å². The van der Waals surface area contributed by atoms with E-state index in [1.165, 1.54) is 5.57 Å². The molecule has 2 rings (SSSR count). The zero-order chi connectivity index (χ0) is 13.0. The molecule has 0 aromatic heterocycles.